The normalized spacial score (nSPS) is 9.25. The molecule has 0 unspecified atom stereocenters. The Morgan fingerprint density at radius 2 is 2.31 bits per heavy atom. The summed E-state index contributed by atoms with van der Waals surface area (Å²) in [4.78, 5) is 10.8. The molecule has 0 saturated carbocycles. The molecular weight excluding hydrogens is 204 g/mol. The lowest BCUT2D eigenvalue weighted by Gasteiger charge is -2.08. The summed E-state index contributed by atoms with van der Waals surface area (Å²) < 4.78 is 10.5. The molecule has 1 aromatic carbocycles. The number of methoxy groups -OCH3 is 1. The van der Waals surface area contributed by atoms with Gasteiger partial charge in [-0.25, -0.2) is 0 Å². The van der Waals surface area contributed by atoms with E-state index >= 15 is 0 Å². The van der Waals surface area contributed by atoms with Crippen molar-refractivity contribution in [2.75, 3.05) is 13.7 Å². The molecule has 0 aliphatic heterocycles. The fourth-order valence-corrected chi connectivity index (χ4v) is 1.23. The lowest BCUT2D eigenvalue weighted by molar-refractivity contribution is 0.111. The molecule has 0 bridgehead atoms. The third kappa shape index (κ3) is 3.32. The van der Waals surface area contributed by atoms with Crippen molar-refractivity contribution in [3.63, 3.8) is 0 Å². The maximum atomic E-state index is 10.8. The van der Waals surface area contributed by atoms with Gasteiger partial charge in [0.15, 0.2) is 6.29 Å². The zero-order valence-electron chi connectivity index (χ0n) is 9.23. The Balaban J connectivity index is 2.65. The van der Waals surface area contributed by atoms with Crippen LogP contribution in [0.1, 0.15) is 23.2 Å². The molecule has 1 aromatic rings. The number of ether oxygens (including phenoxy) is 2. The van der Waals surface area contributed by atoms with Crippen LogP contribution < -0.4 is 9.47 Å². The van der Waals surface area contributed by atoms with Crippen LogP contribution in [0.2, 0.25) is 0 Å². The smallest absolute Gasteiger partial charge is 0.153 e. The van der Waals surface area contributed by atoms with Gasteiger partial charge in [0.05, 0.1) is 19.3 Å². The van der Waals surface area contributed by atoms with E-state index in [1.54, 1.807) is 25.3 Å². The minimum absolute atomic E-state index is 0.486. The Labute approximate surface area is 95.4 Å². The molecule has 16 heavy (non-hydrogen) atoms. The Morgan fingerprint density at radius 3 is 2.94 bits per heavy atom. The summed E-state index contributed by atoms with van der Waals surface area (Å²) in [5.74, 6) is 3.73. The second kappa shape index (κ2) is 6.52. The lowest BCUT2D eigenvalue weighted by Crippen LogP contribution is -2.00. The predicted molar refractivity (Wildman–Crippen MR) is 61.9 cm³/mol. The molecule has 0 heterocycles. The zero-order valence-corrected chi connectivity index (χ0v) is 9.23. The summed E-state index contributed by atoms with van der Waals surface area (Å²) in [7, 11) is 1.55. The molecule has 0 fully saturated rings. The van der Waals surface area contributed by atoms with E-state index in [1.165, 1.54) is 0 Å². The number of unbranched alkanes of at least 4 members (excludes halogenated alkanes) is 1. The van der Waals surface area contributed by atoms with E-state index in [0.29, 0.717) is 30.1 Å². The minimum atomic E-state index is 0.486. The third-order valence-electron chi connectivity index (χ3n) is 2.07. The van der Waals surface area contributed by atoms with Gasteiger partial charge in [0.25, 0.3) is 0 Å². The number of hydrogen-bond acceptors (Lipinski definition) is 3. The van der Waals surface area contributed by atoms with Crippen molar-refractivity contribution in [1.82, 2.24) is 0 Å². The molecule has 3 nitrogen and oxygen atoms in total. The van der Waals surface area contributed by atoms with E-state index in [4.69, 9.17) is 15.9 Å². The van der Waals surface area contributed by atoms with E-state index in [9.17, 15) is 4.79 Å². The van der Waals surface area contributed by atoms with Crippen molar-refractivity contribution in [3.05, 3.63) is 23.8 Å². The second-order valence-electron chi connectivity index (χ2n) is 3.18. The first-order chi connectivity index (χ1) is 7.81. The van der Waals surface area contributed by atoms with Crippen molar-refractivity contribution < 1.29 is 14.3 Å². The fraction of sp³-hybridized carbons (Fsp3) is 0.308. The number of hydrogen-bond donors (Lipinski definition) is 0. The third-order valence-corrected chi connectivity index (χ3v) is 2.07. The largest absolute Gasteiger partial charge is 0.497 e. The summed E-state index contributed by atoms with van der Waals surface area (Å²) in [5, 5.41) is 0. The van der Waals surface area contributed by atoms with Gasteiger partial charge in [0.2, 0.25) is 0 Å². The van der Waals surface area contributed by atoms with Crippen LogP contribution in [0, 0.1) is 12.3 Å². The molecule has 84 valence electrons. The van der Waals surface area contributed by atoms with Gasteiger partial charge in [-0.2, -0.15) is 0 Å². The number of terminal acetylenes is 1. The molecule has 3 heteroatoms. The van der Waals surface area contributed by atoms with Crippen molar-refractivity contribution in [2.45, 2.75) is 12.8 Å². The van der Waals surface area contributed by atoms with Crippen LogP contribution in [0.4, 0.5) is 0 Å². The molecule has 0 aliphatic rings. The summed E-state index contributed by atoms with van der Waals surface area (Å²) in [5.41, 5.74) is 0.486. The molecule has 0 aromatic heterocycles. The number of benzene rings is 1. The molecule has 0 aliphatic carbocycles. The molecule has 1 rings (SSSR count). The van der Waals surface area contributed by atoms with E-state index < -0.39 is 0 Å². The van der Waals surface area contributed by atoms with Crippen molar-refractivity contribution in [2.24, 2.45) is 0 Å². The molecule has 0 N–H and O–H groups in total. The highest BCUT2D eigenvalue weighted by atomic mass is 16.5. The van der Waals surface area contributed by atoms with Crippen LogP contribution in [0.15, 0.2) is 18.2 Å². The van der Waals surface area contributed by atoms with Gasteiger partial charge >= 0.3 is 0 Å². The second-order valence-corrected chi connectivity index (χ2v) is 3.18. The fourth-order valence-electron chi connectivity index (χ4n) is 1.23. The molecule has 0 saturated heterocycles. The first-order valence-electron chi connectivity index (χ1n) is 5.01. The van der Waals surface area contributed by atoms with E-state index in [0.717, 1.165) is 12.7 Å². The summed E-state index contributed by atoms with van der Waals surface area (Å²) in [6.45, 7) is 0.511. The summed E-state index contributed by atoms with van der Waals surface area (Å²) in [6.07, 6.45) is 7.32. The Morgan fingerprint density at radius 1 is 1.50 bits per heavy atom. The number of aldehydes is 1. The Hall–Kier alpha value is -1.95. The highest BCUT2D eigenvalue weighted by molar-refractivity contribution is 5.80. The standard InChI is InChI=1S/C13H14O3/c1-3-4-5-8-16-13-7-6-12(15-2)9-11(13)10-14/h1,6-7,9-10H,4-5,8H2,2H3. The first kappa shape index (κ1) is 12.1. The van der Waals surface area contributed by atoms with Gasteiger partial charge < -0.3 is 9.47 Å². The van der Waals surface area contributed by atoms with Gasteiger partial charge in [0.1, 0.15) is 11.5 Å². The van der Waals surface area contributed by atoms with Crippen molar-refractivity contribution in [1.29, 1.82) is 0 Å². The van der Waals surface area contributed by atoms with Crippen LogP contribution in [0.3, 0.4) is 0 Å². The topological polar surface area (TPSA) is 35.5 Å². The SMILES string of the molecule is C#CCCCOc1ccc(OC)cc1C=O. The van der Waals surface area contributed by atoms with E-state index in [2.05, 4.69) is 5.92 Å². The summed E-state index contributed by atoms with van der Waals surface area (Å²) >= 11 is 0. The van der Waals surface area contributed by atoms with Gasteiger partial charge in [0, 0.05) is 6.42 Å². The maximum absolute atomic E-state index is 10.8. The number of carbonyl (C=O) groups excluding carboxylic acids is 1. The van der Waals surface area contributed by atoms with Gasteiger partial charge in [-0.15, -0.1) is 12.3 Å². The van der Waals surface area contributed by atoms with Crippen LogP contribution in [0.5, 0.6) is 11.5 Å². The molecule has 0 radical (unpaired) electrons. The average Bonchev–Trinajstić information content (AvgIpc) is 2.34. The summed E-state index contributed by atoms with van der Waals surface area (Å²) in [6, 6.07) is 5.12. The zero-order chi connectivity index (χ0) is 11.8. The molecule has 0 spiro atoms. The highest BCUT2D eigenvalue weighted by Crippen LogP contribution is 2.22. The van der Waals surface area contributed by atoms with E-state index in [-0.39, 0.29) is 0 Å². The van der Waals surface area contributed by atoms with Crippen LogP contribution in [0.25, 0.3) is 0 Å². The number of rotatable bonds is 6. The van der Waals surface area contributed by atoms with Gasteiger partial charge in [-0.1, -0.05) is 0 Å². The Kier molecular flexibility index (Phi) is 4.94. The molecular formula is C13H14O3. The van der Waals surface area contributed by atoms with Crippen LogP contribution in [-0.4, -0.2) is 20.0 Å². The number of carbonyl (C=O) groups is 1. The molecule has 0 amide bonds. The molecule has 0 atom stereocenters. The maximum Gasteiger partial charge on any atom is 0.153 e. The van der Waals surface area contributed by atoms with Crippen LogP contribution >= 0.6 is 0 Å². The van der Waals surface area contributed by atoms with Crippen molar-refractivity contribution >= 4 is 6.29 Å². The predicted octanol–water partition coefficient (Wildman–Crippen LogP) is 2.30. The quantitative estimate of drug-likeness (QED) is 0.417. The minimum Gasteiger partial charge on any atom is -0.497 e. The van der Waals surface area contributed by atoms with E-state index in [1.807, 2.05) is 0 Å². The van der Waals surface area contributed by atoms with Gasteiger partial charge in [-0.3, -0.25) is 4.79 Å². The Bertz CT molecular complexity index is 391. The highest BCUT2D eigenvalue weighted by Gasteiger charge is 2.04. The van der Waals surface area contributed by atoms with Gasteiger partial charge in [-0.05, 0) is 24.6 Å². The first-order valence-corrected chi connectivity index (χ1v) is 5.01. The van der Waals surface area contributed by atoms with Crippen molar-refractivity contribution in [3.8, 4) is 23.8 Å². The monoisotopic (exact) mass is 218 g/mol. The average molecular weight is 218 g/mol. The lowest BCUT2D eigenvalue weighted by atomic mass is 10.2. The van der Waals surface area contributed by atoms with Crippen LogP contribution in [-0.2, 0) is 0 Å².